The lowest BCUT2D eigenvalue weighted by molar-refractivity contribution is -0.135. The highest BCUT2D eigenvalue weighted by atomic mass is 127. The van der Waals surface area contributed by atoms with Gasteiger partial charge in [0.05, 0.1) is 20.3 Å². The molecule has 9 nitrogen and oxygen atoms in total. The van der Waals surface area contributed by atoms with Crippen molar-refractivity contribution in [2.75, 3.05) is 60.5 Å². The second-order valence-electron chi connectivity index (χ2n) is 8.16. The molecule has 2 aliphatic heterocycles. The molecule has 184 valence electrons. The maximum Gasteiger partial charge on any atom is 0.341 e. The minimum Gasteiger partial charge on any atom is -0.496 e. The number of likely N-dealkylation sites (tertiary alicyclic amines) is 1. The van der Waals surface area contributed by atoms with Crippen LogP contribution in [0.4, 0.5) is 0 Å². The lowest BCUT2D eigenvalue weighted by atomic mass is 10.1. The molecule has 1 aromatic rings. The van der Waals surface area contributed by atoms with Crippen LogP contribution < -0.4 is 10.1 Å². The molecular weight excluding hydrogens is 537 g/mol. The minimum atomic E-state index is -0.429. The number of piperazine rings is 1. The van der Waals surface area contributed by atoms with E-state index in [0.29, 0.717) is 17.9 Å². The Kier molecular flexibility index (Phi) is 10.7. The number of hydrogen-bond acceptors (Lipinski definition) is 6. The highest BCUT2D eigenvalue weighted by Crippen LogP contribution is 2.21. The van der Waals surface area contributed by atoms with Gasteiger partial charge in [0.25, 0.3) is 0 Å². The minimum absolute atomic E-state index is 0. The summed E-state index contributed by atoms with van der Waals surface area (Å²) in [6, 6.07) is 5.37. The van der Waals surface area contributed by atoms with E-state index in [1.165, 1.54) is 14.2 Å². The number of amides is 1. The summed E-state index contributed by atoms with van der Waals surface area (Å²) in [7, 11) is 4.65. The molecule has 1 N–H and O–H groups in total. The lowest BCUT2D eigenvalue weighted by Crippen LogP contribution is -2.57. The third kappa shape index (κ3) is 6.72. The number of aliphatic imine (C=N–C) groups is 1. The number of guanidine groups is 1. The van der Waals surface area contributed by atoms with Crippen molar-refractivity contribution in [2.24, 2.45) is 4.99 Å². The monoisotopic (exact) mass is 573 g/mol. The van der Waals surface area contributed by atoms with Gasteiger partial charge in [0, 0.05) is 52.9 Å². The smallest absolute Gasteiger partial charge is 0.341 e. The highest BCUT2D eigenvalue weighted by Gasteiger charge is 2.30. The number of methoxy groups -OCH3 is 2. The Morgan fingerprint density at radius 1 is 1.06 bits per heavy atom. The normalized spacial score (nSPS) is 17.9. The van der Waals surface area contributed by atoms with Gasteiger partial charge in [-0.3, -0.25) is 14.7 Å². The molecule has 0 saturated carbocycles. The summed E-state index contributed by atoms with van der Waals surface area (Å²) in [5.41, 5.74) is 1.32. The largest absolute Gasteiger partial charge is 0.496 e. The number of rotatable bonds is 6. The number of benzene rings is 1. The van der Waals surface area contributed by atoms with Crippen molar-refractivity contribution >= 4 is 41.8 Å². The lowest BCUT2D eigenvalue weighted by Gasteiger charge is -2.39. The summed E-state index contributed by atoms with van der Waals surface area (Å²) >= 11 is 0. The molecule has 0 radical (unpaired) electrons. The molecule has 10 heteroatoms. The van der Waals surface area contributed by atoms with Gasteiger partial charge < -0.3 is 24.6 Å². The number of esters is 1. The number of carbonyl (C=O) groups is 2. The van der Waals surface area contributed by atoms with Crippen LogP contribution in [0.3, 0.4) is 0 Å². The van der Waals surface area contributed by atoms with Crippen LogP contribution in [0.15, 0.2) is 23.2 Å². The first-order chi connectivity index (χ1) is 15.5. The van der Waals surface area contributed by atoms with Crippen LogP contribution in [-0.4, -0.2) is 99.1 Å². The number of carbonyl (C=O) groups excluding carboxylic acids is 2. The molecule has 1 aromatic carbocycles. The number of nitrogens with one attached hydrogen (secondary N) is 1. The van der Waals surface area contributed by atoms with Crippen molar-refractivity contribution in [3.8, 4) is 5.75 Å². The van der Waals surface area contributed by atoms with E-state index in [1.54, 1.807) is 19.2 Å². The zero-order valence-corrected chi connectivity index (χ0v) is 22.3. The maximum atomic E-state index is 12.7. The molecule has 3 rings (SSSR count). The van der Waals surface area contributed by atoms with E-state index in [4.69, 9.17) is 9.47 Å². The van der Waals surface area contributed by atoms with E-state index >= 15 is 0 Å². The molecule has 0 bridgehead atoms. The highest BCUT2D eigenvalue weighted by molar-refractivity contribution is 14.0. The van der Waals surface area contributed by atoms with Gasteiger partial charge in [-0.15, -0.1) is 24.0 Å². The topological polar surface area (TPSA) is 86.7 Å². The van der Waals surface area contributed by atoms with Crippen LogP contribution in [0.2, 0.25) is 0 Å². The fourth-order valence-corrected chi connectivity index (χ4v) is 4.33. The number of nitrogens with zero attached hydrogens (tertiary/aromatic N) is 4. The number of hydrogen-bond donors (Lipinski definition) is 1. The van der Waals surface area contributed by atoms with Crippen LogP contribution in [0.1, 0.15) is 35.7 Å². The van der Waals surface area contributed by atoms with Gasteiger partial charge in [-0.1, -0.05) is 6.07 Å². The van der Waals surface area contributed by atoms with Crippen molar-refractivity contribution in [1.82, 2.24) is 20.0 Å². The molecular formula is C23H36IN5O4. The number of ether oxygens (including phenoxy) is 2. The first kappa shape index (κ1) is 27.2. The Hall–Kier alpha value is -2.08. The van der Waals surface area contributed by atoms with Crippen molar-refractivity contribution in [2.45, 2.75) is 32.4 Å². The van der Waals surface area contributed by atoms with Crippen molar-refractivity contribution in [1.29, 1.82) is 0 Å². The summed E-state index contributed by atoms with van der Waals surface area (Å²) in [6.07, 6.45) is 2.23. The Morgan fingerprint density at radius 2 is 1.73 bits per heavy atom. The predicted octanol–water partition coefficient (Wildman–Crippen LogP) is 1.80. The molecule has 1 unspecified atom stereocenters. The molecule has 1 amide bonds. The molecule has 2 heterocycles. The Morgan fingerprint density at radius 3 is 2.30 bits per heavy atom. The van der Waals surface area contributed by atoms with Crippen LogP contribution in [-0.2, 0) is 16.1 Å². The SMILES string of the molecule is CN=C(NCc1ccc(OC)c(C(=O)OC)c1)N1CCN(C(C)C(=O)N2CCCC2)CC1.I. The quantitative estimate of drug-likeness (QED) is 0.241. The summed E-state index contributed by atoms with van der Waals surface area (Å²) in [6.45, 7) is 7.55. The molecule has 0 aromatic heterocycles. The molecule has 2 fully saturated rings. The third-order valence-electron chi connectivity index (χ3n) is 6.27. The van der Waals surface area contributed by atoms with E-state index in [-0.39, 0.29) is 35.9 Å². The average molecular weight is 573 g/mol. The van der Waals surface area contributed by atoms with Gasteiger partial charge in [0.2, 0.25) is 5.91 Å². The van der Waals surface area contributed by atoms with E-state index in [0.717, 1.165) is 63.6 Å². The third-order valence-corrected chi connectivity index (χ3v) is 6.27. The van der Waals surface area contributed by atoms with Crippen molar-refractivity contribution in [3.05, 3.63) is 29.3 Å². The van der Waals surface area contributed by atoms with Crippen molar-refractivity contribution in [3.63, 3.8) is 0 Å². The molecule has 0 aliphatic carbocycles. The Balaban J connectivity index is 0.00000385. The van der Waals surface area contributed by atoms with Crippen molar-refractivity contribution < 1.29 is 19.1 Å². The zero-order chi connectivity index (χ0) is 23.1. The second kappa shape index (κ2) is 13.0. The zero-order valence-electron chi connectivity index (χ0n) is 20.0. The molecule has 1 atom stereocenters. The number of halogens is 1. The van der Waals surface area contributed by atoms with Crippen LogP contribution in [0, 0.1) is 0 Å². The molecule has 33 heavy (non-hydrogen) atoms. The van der Waals surface area contributed by atoms with E-state index in [2.05, 4.69) is 20.1 Å². The van der Waals surface area contributed by atoms with Gasteiger partial charge in [-0.05, 0) is 37.5 Å². The second-order valence-corrected chi connectivity index (χ2v) is 8.16. The Bertz CT molecular complexity index is 836. The molecule has 2 aliphatic rings. The molecule has 2 saturated heterocycles. The first-order valence-electron chi connectivity index (χ1n) is 11.2. The van der Waals surface area contributed by atoms with E-state index in [9.17, 15) is 9.59 Å². The van der Waals surface area contributed by atoms with Gasteiger partial charge in [0.15, 0.2) is 5.96 Å². The van der Waals surface area contributed by atoms with Crippen LogP contribution in [0.25, 0.3) is 0 Å². The van der Waals surface area contributed by atoms with Gasteiger partial charge in [0.1, 0.15) is 11.3 Å². The predicted molar refractivity (Wildman–Crippen MR) is 138 cm³/mol. The fraction of sp³-hybridized carbons (Fsp3) is 0.609. The standard InChI is InChI=1S/C23H35N5O4.HI/c1-17(21(29)27-9-5-6-10-27)26-11-13-28(14-12-26)23(24-2)25-16-18-7-8-20(31-3)19(15-18)22(30)32-4;/h7-8,15,17H,5-6,9-14,16H2,1-4H3,(H,24,25);1H. The molecule has 0 spiro atoms. The van der Waals surface area contributed by atoms with Gasteiger partial charge in [-0.2, -0.15) is 0 Å². The van der Waals surface area contributed by atoms with Crippen LogP contribution >= 0.6 is 24.0 Å². The van der Waals surface area contributed by atoms with Gasteiger partial charge in [-0.25, -0.2) is 4.79 Å². The summed E-state index contributed by atoms with van der Waals surface area (Å²) in [4.78, 5) is 35.6. The summed E-state index contributed by atoms with van der Waals surface area (Å²) in [5.74, 6) is 1.11. The van der Waals surface area contributed by atoms with E-state index in [1.807, 2.05) is 17.9 Å². The van der Waals surface area contributed by atoms with Crippen LogP contribution in [0.5, 0.6) is 5.75 Å². The first-order valence-corrected chi connectivity index (χ1v) is 11.2. The Labute approximate surface area is 213 Å². The fourth-order valence-electron chi connectivity index (χ4n) is 4.33. The van der Waals surface area contributed by atoms with E-state index < -0.39 is 5.97 Å². The van der Waals surface area contributed by atoms with Gasteiger partial charge >= 0.3 is 5.97 Å². The maximum absolute atomic E-state index is 12.7. The average Bonchev–Trinajstić information content (AvgIpc) is 3.38. The summed E-state index contributed by atoms with van der Waals surface area (Å²) < 4.78 is 10.1. The summed E-state index contributed by atoms with van der Waals surface area (Å²) in [5, 5.41) is 3.38.